The summed E-state index contributed by atoms with van der Waals surface area (Å²) in [7, 11) is -2.08. The van der Waals surface area contributed by atoms with Crippen LogP contribution in [0.25, 0.3) is 11.0 Å². The summed E-state index contributed by atoms with van der Waals surface area (Å²) in [6.45, 7) is 5.29. The van der Waals surface area contributed by atoms with Gasteiger partial charge in [-0.3, -0.25) is 4.99 Å². The third-order valence-electron chi connectivity index (χ3n) is 6.79. The van der Waals surface area contributed by atoms with E-state index in [2.05, 4.69) is 20.3 Å². The van der Waals surface area contributed by atoms with Crippen molar-refractivity contribution in [3.63, 3.8) is 0 Å². The number of fused-ring (bicyclic) bond motifs is 4. The number of nitrogens with two attached hydrogens (primary N) is 1. The molecule has 34 heavy (non-hydrogen) atoms. The molecule has 11 heteroatoms. The van der Waals surface area contributed by atoms with Crippen molar-refractivity contribution in [1.82, 2.24) is 15.0 Å². The molecule has 3 aromatic rings. The molecule has 0 fully saturated rings. The van der Waals surface area contributed by atoms with Gasteiger partial charge < -0.3 is 20.5 Å². The summed E-state index contributed by atoms with van der Waals surface area (Å²) in [6, 6.07) is 7.27. The van der Waals surface area contributed by atoms with Crippen molar-refractivity contribution in [2.24, 2.45) is 10.7 Å². The van der Waals surface area contributed by atoms with Gasteiger partial charge in [-0.15, -0.1) is 0 Å². The Kier molecular flexibility index (Phi) is 4.94. The maximum atomic E-state index is 13.6. The third kappa shape index (κ3) is 3.17. The Hall–Kier alpha value is -3.47. The number of benzene rings is 1. The van der Waals surface area contributed by atoms with Crippen LogP contribution in [0.3, 0.4) is 0 Å². The number of sulfone groups is 1. The summed E-state index contributed by atoms with van der Waals surface area (Å²) in [4.78, 5) is 17.8. The van der Waals surface area contributed by atoms with E-state index < -0.39 is 25.4 Å². The molecule has 0 saturated carbocycles. The molecule has 0 amide bonds. The second-order valence-electron chi connectivity index (χ2n) is 9.13. The van der Waals surface area contributed by atoms with E-state index in [-0.39, 0.29) is 12.4 Å². The van der Waals surface area contributed by atoms with Gasteiger partial charge in [-0.05, 0) is 39.0 Å². The Bertz CT molecular complexity index is 1440. The van der Waals surface area contributed by atoms with Crippen LogP contribution >= 0.6 is 0 Å². The first-order chi connectivity index (χ1) is 16.1. The number of methoxy groups -OCH3 is 1. The summed E-state index contributed by atoms with van der Waals surface area (Å²) >= 11 is 0. The van der Waals surface area contributed by atoms with E-state index in [4.69, 9.17) is 20.2 Å². The largest absolute Gasteiger partial charge is 0.495 e. The molecule has 0 aliphatic carbocycles. The van der Waals surface area contributed by atoms with Crippen molar-refractivity contribution in [3.05, 3.63) is 42.4 Å². The van der Waals surface area contributed by atoms with Gasteiger partial charge in [-0.2, -0.15) is 0 Å². The Morgan fingerprint density at radius 2 is 1.97 bits per heavy atom. The molecular formula is C23H26N6O4S. The number of pyridine rings is 1. The van der Waals surface area contributed by atoms with E-state index in [0.29, 0.717) is 46.0 Å². The highest BCUT2D eigenvalue weighted by molar-refractivity contribution is 7.94. The van der Waals surface area contributed by atoms with Crippen LogP contribution in [0, 0.1) is 0 Å². The molecule has 0 radical (unpaired) electrons. The smallest absolute Gasteiger partial charge is 0.168 e. The zero-order chi connectivity index (χ0) is 24.3. The number of rotatable bonds is 3. The van der Waals surface area contributed by atoms with Crippen molar-refractivity contribution in [3.8, 4) is 11.5 Å². The maximum absolute atomic E-state index is 13.6. The lowest BCUT2D eigenvalue weighted by atomic mass is 9.86. The quantitative estimate of drug-likeness (QED) is 0.576. The van der Waals surface area contributed by atoms with Crippen LogP contribution in [0.1, 0.15) is 32.8 Å². The number of nitrogens with zero attached hydrogens (tertiary/aromatic N) is 4. The number of hydrogen-bond acceptors (Lipinski definition) is 10. The first-order valence-corrected chi connectivity index (χ1v) is 12.4. The Balaban J connectivity index is 1.62. The number of hydrogen-bond donors (Lipinski definition) is 2. The molecule has 0 spiro atoms. The lowest BCUT2D eigenvalue weighted by Crippen LogP contribution is -2.59. The number of aromatic nitrogens is 3. The standard InChI is InChI=1S/C23H26N6O4S/c1-22(2)21(24)29-23(3)15-9-13(5-6-17(15)33-8-7-18(23)34(22,30)31)28-20-19-16(26-12-27-20)10-14(32-4)11-25-19/h5-6,9-12,18H,7-8H2,1-4H3,(H2,24,29)(H,26,27,28)/t18-,23-/m1/s1. The summed E-state index contributed by atoms with van der Waals surface area (Å²) in [5, 5.41) is 2.51. The number of ether oxygens (including phenoxy) is 2. The van der Waals surface area contributed by atoms with Crippen LogP contribution in [0.4, 0.5) is 11.5 Å². The molecule has 1 aromatic carbocycles. The molecule has 4 heterocycles. The lowest BCUT2D eigenvalue weighted by molar-refractivity contribution is 0.311. The fraction of sp³-hybridized carbons (Fsp3) is 0.391. The van der Waals surface area contributed by atoms with E-state index in [1.54, 1.807) is 33.2 Å². The molecule has 2 aliphatic rings. The van der Waals surface area contributed by atoms with Crippen molar-refractivity contribution in [2.45, 2.75) is 42.7 Å². The molecule has 2 atom stereocenters. The SMILES string of the molecule is COc1cnc2c(Nc3ccc4c(c3)[C@@]3(C)N=C(N)C(C)(C)S(=O)(=O)[C@@H]3CCO4)ncnc2c1. The summed E-state index contributed by atoms with van der Waals surface area (Å²) < 4.78 is 37.0. The van der Waals surface area contributed by atoms with Gasteiger partial charge >= 0.3 is 0 Å². The topological polar surface area (TPSA) is 142 Å². The van der Waals surface area contributed by atoms with Crippen LogP contribution in [0.5, 0.6) is 11.5 Å². The van der Waals surface area contributed by atoms with E-state index in [1.807, 2.05) is 25.1 Å². The van der Waals surface area contributed by atoms with Gasteiger partial charge in [-0.1, -0.05) is 0 Å². The predicted octanol–water partition coefficient (Wildman–Crippen LogP) is 2.71. The second-order valence-corrected chi connectivity index (χ2v) is 11.8. The monoisotopic (exact) mass is 482 g/mol. The highest BCUT2D eigenvalue weighted by Gasteiger charge is 2.57. The van der Waals surface area contributed by atoms with E-state index >= 15 is 0 Å². The summed E-state index contributed by atoms with van der Waals surface area (Å²) in [5.74, 6) is 1.77. The normalized spacial score (nSPS) is 24.7. The third-order valence-corrected chi connectivity index (χ3v) is 9.87. The Morgan fingerprint density at radius 1 is 1.18 bits per heavy atom. The van der Waals surface area contributed by atoms with Crippen LogP contribution in [0.2, 0.25) is 0 Å². The van der Waals surface area contributed by atoms with Crippen molar-refractivity contribution in [2.75, 3.05) is 19.0 Å². The Labute approximate surface area is 197 Å². The lowest BCUT2D eigenvalue weighted by Gasteiger charge is -2.43. The number of amidine groups is 1. The average Bonchev–Trinajstić information content (AvgIpc) is 2.95. The van der Waals surface area contributed by atoms with Gasteiger partial charge in [0.1, 0.15) is 39.5 Å². The molecule has 0 bridgehead atoms. The molecule has 0 unspecified atom stereocenters. The number of anilines is 2. The van der Waals surface area contributed by atoms with Gasteiger partial charge in [0.15, 0.2) is 15.7 Å². The highest BCUT2D eigenvalue weighted by Crippen LogP contribution is 2.48. The average molecular weight is 483 g/mol. The zero-order valence-corrected chi connectivity index (χ0v) is 20.2. The molecular weight excluding hydrogens is 456 g/mol. The molecule has 0 saturated heterocycles. The number of aliphatic imine (C=N–C) groups is 1. The van der Waals surface area contributed by atoms with Crippen LogP contribution in [0.15, 0.2) is 41.8 Å². The predicted molar refractivity (Wildman–Crippen MR) is 129 cm³/mol. The molecule has 3 N–H and O–H groups in total. The van der Waals surface area contributed by atoms with Crippen LogP contribution in [-0.4, -0.2) is 52.9 Å². The van der Waals surface area contributed by atoms with Gasteiger partial charge in [0.05, 0.1) is 30.7 Å². The molecule has 2 aromatic heterocycles. The molecule has 5 rings (SSSR count). The van der Waals surface area contributed by atoms with E-state index in [1.165, 1.54) is 6.33 Å². The minimum absolute atomic E-state index is 0.0948. The first-order valence-electron chi connectivity index (χ1n) is 10.9. The van der Waals surface area contributed by atoms with Gasteiger partial charge in [0.25, 0.3) is 0 Å². The summed E-state index contributed by atoms with van der Waals surface area (Å²) in [6.07, 6.45) is 3.36. The van der Waals surface area contributed by atoms with Crippen molar-refractivity contribution in [1.29, 1.82) is 0 Å². The van der Waals surface area contributed by atoms with Crippen LogP contribution < -0.4 is 20.5 Å². The fourth-order valence-electron chi connectivity index (χ4n) is 4.60. The first kappa shape index (κ1) is 22.3. The van der Waals surface area contributed by atoms with Crippen molar-refractivity contribution >= 4 is 38.2 Å². The minimum Gasteiger partial charge on any atom is -0.495 e. The number of nitrogens with one attached hydrogen (secondary N) is 1. The second kappa shape index (κ2) is 7.52. The van der Waals surface area contributed by atoms with Crippen LogP contribution in [-0.2, 0) is 15.4 Å². The maximum Gasteiger partial charge on any atom is 0.168 e. The van der Waals surface area contributed by atoms with Gasteiger partial charge in [0.2, 0.25) is 0 Å². The Morgan fingerprint density at radius 3 is 2.74 bits per heavy atom. The molecule has 2 aliphatic heterocycles. The van der Waals surface area contributed by atoms with Crippen molar-refractivity contribution < 1.29 is 17.9 Å². The fourth-order valence-corrected chi connectivity index (χ4v) is 6.84. The van der Waals surface area contributed by atoms with Gasteiger partial charge in [0, 0.05) is 23.7 Å². The zero-order valence-electron chi connectivity index (χ0n) is 19.4. The highest BCUT2D eigenvalue weighted by atomic mass is 32.2. The molecule has 178 valence electrons. The van der Waals surface area contributed by atoms with E-state index in [0.717, 1.165) is 0 Å². The minimum atomic E-state index is -3.64. The van der Waals surface area contributed by atoms with E-state index in [9.17, 15) is 8.42 Å². The molecule has 10 nitrogen and oxygen atoms in total. The van der Waals surface area contributed by atoms with Gasteiger partial charge in [-0.25, -0.2) is 23.4 Å². The summed E-state index contributed by atoms with van der Waals surface area (Å²) in [5.41, 5.74) is 7.64.